The van der Waals surface area contributed by atoms with Crippen LogP contribution >= 0.6 is 0 Å². The van der Waals surface area contributed by atoms with Gasteiger partial charge in [0.2, 0.25) is 5.91 Å². The first-order valence-corrected chi connectivity index (χ1v) is 6.01. The molecular formula is C12H15N3O2. The zero-order valence-electron chi connectivity index (χ0n) is 9.51. The zero-order chi connectivity index (χ0) is 11.9. The maximum Gasteiger partial charge on any atom is 0.250 e. The van der Waals surface area contributed by atoms with Crippen LogP contribution in [0.1, 0.15) is 42.6 Å². The van der Waals surface area contributed by atoms with E-state index >= 15 is 0 Å². The standard InChI is InChI=1S/C12H15N3O2/c16-7-9-10-8(6-13-9)15-12(11(17)14-10)4-2-1-3-5-12/h6-7,13,15H,1-5H2,(H,14,17). The molecule has 1 saturated carbocycles. The molecule has 1 amide bonds. The van der Waals surface area contributed by atoms with Gasteiger partial charge in [0.15, 0.2) is 6.29 Å². The largest absolute Gasteiger partial charge is 0.368 e. The molecule has 2 heterocycles. The topological polar surface area (TPSA) is 74.0 Å². The molecule has 1 aliphatic heterocycles. The Morgan fingerprint density at radius 2 is 2.00 bits per heavy atom. The van der Waals surface area contributed by atoms with Crippen LogP contribution in [0.25, 0.3) is 0 Å². The van der Waals surface area contributed by atoms with E-state index in [0.29, 0.717) is 11.4 Å². The van der Waals surface area contributed by atoms with Crippen LogP contribution in [-0.2, 0) is 4.79 Å². The molecule has 3 N–H and O–H groups in total. The van der Waals surface area contributed by atoms with Gasteiger partial charge in [0.25, 0.3) is 0 Å². The summed E-state index contributed by atoms with van der Waals surface area (Å²) < 4.78 is 0. The first kappa shape index (κ1) is 10.4. The van der Waals surface area contributed by atoms with Gasteiger partial charge in [-0.05, 0) is 12.8 Å². The van der Waals surface area contributed by atoms with E-state index < -0.39 is 5.54 Å². The lowest BCUT2D eigenvalue weighted by Crippen LogP contribution is -2.53. The predicted octanol–water partition coefficient (Wildman–Crippen LogP) is 1.89. The molecule has 1 aromatic heterocycles. The second kappa shape index (κ2) is 3.61. The summed E-state index contributed by atoms with van der Waals surface area (Å²) in [5.41, 5.74) is 1.37. The Morgan fingerprint density at radius 1 is 1.24 bits per heavy atom. The fourth-order valence-corrected chi connectivity index (χ4v) is 2.82. The molecule has 17 heavy (non-hydrogen) atoms. The molecule has 3 rings (SSSR count). The minimum Gasteiger partial charge on any atom is -0.368 e. The highest BCUT2D eigenvalue weighted by molar-refractivity contribution is 6.09. The Balaban J connectivity index is 1.97. The fourth-order valence-electron chi connectivity index (χ4n) is 2.82. The number of anilines is 2. The van der Waals surface area contributed by atoms with Crippen LogP contribution in [0.15, 0.2) is 6.20 Å². The number of aromatic amines is 1. The smallest absolute Gasteiger partial charge is 0.250 e. The minimum absolute atomic E-state index is 0.00704. The van der Waals surface area contributed by atoms with Crippen LogP contribution in [0.5, 0.6) is 0 Å². The number of hydrogen-bond acceptors (Lipinski definition) is 3. The van der Waals surface area contributed by atoms with Crippen molar-refractivity contribution in [1.29, 1.82) is 0 Å². The van der Waals surface area contributed by atoms with Gasteiger partial charge in [0.1, 0.15) is 11.2 Å². The number of amides is 1. The van der Waals surface area contributed by atoms with Gasteiger partial charge < -0.3 is 15.6 Å². The zero-order valence-corrected chi connectivity index (χ0v) is 9.51. The van der Waals surface area contributed by atoms with E-state index in [1.54, 1.807) is 6.20 Å². The first-order chi connectivity index (χ1) is 8.25. The van der Waals surface area contributed by atoms with Crippen molar-refractivity contribution in [2.24, 2.45) is 0 Å². The van der Waals surface area contributed by atoms with Crippen molar-refractivity contribution in [2.45, 2.75) is 37.6 Å². The Bertz CT molecular complexity index is 472. The molecule has 2 aliphatic rings. The number of rotatable bonds is 1. The van der Waals surface area contributed by atoms with Gasteiger partial charge in [-0.15, -0.1) is 0 Å². The van der Waals surface area contributed by atoms with E-state index in [-0.39, 0.29) is 5.91 Å². The van der Waals surface area contributed by atoms with Crippen molar-refractivity contribution in [3.05, 3.63) is 11.9 Å². The molecule has 0 atom stereocenters. The lowest BCUT2D eigenvalue weighted by Gasteiger charge is -2.40. The van der Waals surface area contributed by atoms with Gasteiger partial charge in [0, 0.05) is 6.20 Å². The van der Waals surface area contributed by atoms with E-state index in [4.69, 9.17) is 0 Å². The number of aldehydes is 1. The lowest BCUT2D eigenvalue weighted by molar-refractivity contribution is -0.121. The van der Waals surface area contributed by atoms with Gasteiger partial charge in [-0.3, -0.25) is 9.59 Å². The number of aromatic nitrogens is 1. The highest BCUT2D eigenvalue weighted by Crippen LogP contribution is 2.39. The van der Waals surface area contributed by atoms with E-state index in [0.717, 1.165) is 37.7 Å². The molecule has 0 radical (unpaired) electrons. The van der Waals surface area contributed by atoms with Crippen molar-refractivity contribution in [3.63, 3.8) is 0 Å². The summed E-state index contributed by atoms with van der Waals surface area (Å²) in [6.45, 7) is 0. The average molecular weight is 233 g/mol. The van der Waals surface area contributed by atoms with E-state index in [2.05, 4.69) is 15.6 Å². The van der Waals surface area contributed by atoms with Crippen LogP contribution in [-0.4, -0.2) is 22.7 Å². The maximum absolute atomic E-state index is 12.2. The van der Waals surface area contributed by atoms with Gasteiger partial charge in [-0.25, -0.2) is 0 Å². The monoisotopic (exact) mass is 233 g/mol. The number of hydrogen-bond donors (Lipinski definition) is 3. The second-order valence-electron chi connectivity index (χ2n) is 4.83. The van der Waals surface area contributed by atoms with Crippen molar-refractivity contribution < 1.29 is 9.59 Å². The molecular weight excluding hydrogens is 218 g/mol. The molecule has 90 valence electrons. The first-order valence-electron chi connectivity index (χ1n) is 6.01. The van der Waals surface area contributed by atoms with Crippen molar-refractivity contribution in [1.82, 2.24) is 4.98 Å². The molecule has 1 spiro atoms. The molecule has 0 unspecified atom stereocenters. The van der Waals surface area contributed by atoms with Gasteiger partial charge in [0.05, 0.1) is 11.4 Å². The van der Waals surface area contributed by atoms with Crippen LogP contribution in [0, 0.1) is 0 Å². The van der Waals surface area contributed by atoms with E-state index in [1.807, 2.05) is 0 Å². The normalized spacial score (nSPS) is 21.5. The van der Waals surface area contributed by atoms with Gasteiger partial charge in [-0.2, -0.15) is 0 Å². The third-order valence-corrected chi connectivity index (χ3v) is 3.78. The minimum atomic E-state index is -0.465. The molecule has 0 saturated heterocycles. The molecule has 1 aromatic rings. The van der Waals surface area contributed by atoms with E-state index in [9.17, 15) is 9.59 Å². The molecule has 5 nitrogen and oxygen atoms in total. The van der Waals surface area contributed by atoms with Gasteiger partial charge in [-0.1, -0.05) is 19.3 Å². The number of carbonyl (C=O) groups excluding carboxylic acids is 2. The van der Waals surface area contributed by atoms with Crippen LogP contribution in [0.4, 0.5) is 11.4 Å². The van der Waals surface area contributed by atoms with Crippen molar-refractivity contribution in [2.75, 3.05) is 10.6 Å². The lowest BCUT2D eigenvalue weighted by atomic mass is 9.79. The second-order valence-corrected chi connectivity index (χ2v) is 4.83. The Kier molecular flexibility index (Phi) is 2.21. The predicted molar refractivity (Wildman–Crippen MR) is 64.2 cm³/mol. The van der Waals surface area contributed by atoms with E-state index in [1.165, 1.54) is 6.42 Å². The Hall–Kier alpha value is -1.78. The number of nitrogens with one attached hydrogen (secondary N) is 3. The summed E-state index contributed by atoms with van der Waals surface area (Å²) in [6.07, 6.45) is 7.52. The molecule has 1 fully saturated rings. The van der Waals surface area contributed by atoms with Crippen LogP contribution in [0.3, 0.4) is 0 Å². The summed E-state index contributed by atoms with van der Waals surface area (Å²) in [6, 6.07) is 0. The highest BCUT2D eigenvalue weighted by atomic mass is 16.2. The number of fused-ring (bicyclic) bond motifs is 1. The summed E-state index contributed by atoms with van der Waals surface area (Å²) in [7, 11) is 0. The Morgan fingerprint density at radius 3 is 2.71 bits per heavy atom. The number of H-pyrrole nitrogens is 1. The summed E-state index contributed by atoms with van der Waals surface area (Å²) in [4.78, 5) is 25.9. The fraction of sp³-hybridized carbons (Fsp3) is 0.500. The van der Waals surface area contributed by atoms with Crippen molar-refractivity contribution >= 4 is 23.6 Å². The molecule has 1 aliphatic carbocycles. The van der Waals surface area contributed by atoms with Crippen molar-refractivity contribution in [3.8, 4) is 0 Å². The van der Waals surface area contributed by atoms with Gasteiger partial charge >= 0.3 is 0 Å². The Labute approximate surface area is 99.0 Å². The third-order valence-electron chi connectivity index (χ3n) is 3.78. The quantitative estimate of drug-likeness (QED) is 0.648. The molecule has 5 heteroatoms. The van der Waals surface area contributed by atoms with Crippen LogP contribution < -0.4 is 10.6 Å². The summed E-state index contributed by atoms with van der Waals surface area (Å²) >= 11 is 0. The third kappa shape index (κ3) is 1.45. The maximum atomic E-state index is 12.2. The average Bonchev–Trinajstić information content (AvgIpc) is 2.73. The molecule has 0 bridgehead atoms. The van der Waals surface area contributed by atoms with Crippen LogP contribution in [0.2, 0.25) is 0 Å². The number of carbonyl (C=O) groups is 2. The molecule has 0 aromatic carbocycles. The highest BCUT2D eigenvalue weighted by Gasteiger charge is 2.43. The summed E-state index contributed by atoms with van der Waals surface area (Å²) in [5, 5.41) is 6.17. The summed E-state index contributed by atoms with van der Waals surface area (Å²) in [5.74, 6) is -0.00704. The SMILES string of the molecule is O=Cc1[nH]cc2c1NC(=O)C1(CCCCC1)N2.